The monoisotopic (exact) mass is 485 g/mol. The summed E-state index contributed by atoms with van der Waals surface area (Å²) in [6.07, 6.45) is 1.89. The average Bonchev–Trinajstić information content (AvgIpc) is 3.15. The van der Waals surface area contributed by atoms with Crippen molar-refractivity contribution in [2.45, 2.75) is 24.2 Å². The molecule has 0 bridgehead atoms. The van der Waals surface area contributed by atoms with E-state index in [1.54, 1.807) is 34.9 Å². The molecule has 0 aliphatic heterocycles. The van der Waals surface area contributed by atoms with Gasteiger partial charge < -0.3 is 4.90 Å². The van der Waals surface area contributed by atoms with Crippen molar-refractivity contribution in [3.8, 4) is 0 Å². The van der Waals surface area contributed by atoms with E-state index in [2.05, 4.69) is 9.88 Å². The van der Waals surface area contributed by atoms with Crippen molar-refractivity contribution >= 4 is 56.8 Å². The van der Waals surface area contributed by atoms with Crippen molar-refractivity contribution in [3.63, 3.8) is 0 Å². The van der Waals surface area contributed by atoms with E-state index in [0.717, 1.165) is 28.3 Å². The van der Waals surface area contributed by atoms with Gasteiger partial charge in [0.15, 0.2) is 5.13 Å². The molecule has 0 atom stereocenters. The lowest BCUT2D eigenvalue weighted by Crippen LogP contribution is -2.33. The summed E-state index contributed by atoms with van der Waals surface area (Å²) in [5.74, 6) is 0.131. The minimum Gasteiger partial charge on any atom is -0.309 e. The first-order valence-electron chi connectivity index (χ1n) is 9.82. The summed E-state index contributed by atoms with van der Waals surface area (Å²) in [7, 11) is 3.98. The molecule has 0 fully saturated rings. The number of carbonyl (C=O) groups excluding carboxylic acids is 1. The van der Waals surface area contributed by atoms with Crippen LogP contribution in [0.4, 0.5) is 13.9 Å². The third kappa shape index (κ3) is 7.42. The number of para-hydroxylation sites is 1. The summed E-state index contributed by atoms with van der Waals surface area (Å²) in [6, 6.07) is 11.2. The summed E-state index contributed by atoms with van der Waals surface area (Å²) < 4.78 is 27.8. The number of amides is 1. The highest BCUT2D eigenvalue weighted by Gasteiger charge is 2.20. The molecule has 31 heavy (non-hydrogen) atoms. The zero-order chi connectivity index (χ0) is 21.5. The number of carbonyl (C=O) groups is 1. The van der Waals surface area contributed by atoms with Crippen molar-refractivity contribution in [1.82, 2.24) is 9.88 Å². The third-order valence-electron chi connectivity index (χ3n) is 4.49. The summed E-state index contributed by atoms with van der Waals surface area (Å²) >= 11 is 2.94. The maximum atomic E-state index is 14.1. The first-order valence-corrected chi connectivity index (χ1v) is 11.6. The highest BCUT2D eigenvalue weighted by Crippen LogP contribution is 2.31. The van der Waals surface area contributed by atoms with Gasteiger partial charge in [-0.15, -0.1) is 24.2 Å². The predicted octanol–water partition coefficient (Wildman–Crippen LogP) is 5.85. The number of rotatable bonds is 10. The average molecular weight is 486 g/mol. The maximum Gasteiger partial charge on any atom is 0.228 e. The van der Waals surface area contributed by atoms with Crippen LogP contribution in [-0.2, 0) is 4.79 Å². The molecule has 0 aliphatic rings. The van der Waals surface area contributed by atoms with E-state index < -0.39 is 0 Å². The molecule has 0 spiro atoms. The number of anilines is 1. The van der Waals surface area contributed by atoms with Crippen LogP contribution in [0, 0.1) is 11.6 Å². The molecule has 3 aromatic rings. The van der Waals surface area contributed by atoms with Crippen molar-refractivity contribution in [2.24, 2.45) is 0 Å². The molecule has 1 aromatic heterocycles. The number of thioether (sulfide) groups is 1. The van der Waals surface area contributed by atoms with E-state index >= 15 is 0 Å². The molecule has 4 nitrogen and oxygen atoms in total. The van der Waals surface area contributed by atoms with E-state index in [9.17, 15) is 13.6 Å². The van der Waals surface area contributed by atoms with Crippen LogP contribution < -0.4 is 4.90 Å². The fourth-order valence-electron chi connectivity index (χ4n) is 2.97. The van der Waals surface area contributed by atoms with E-state index in [-0.39, 0.29) is 29.9 Å². The first kappa shape index (κ1) is 25.5. The minimum atomic E-state index is -0.369. The molecule has 9 heteroatoms. The Hall–Kier alpha value is -1.74. The van der Waals surface area contributed by atoms with E-state index in [4.69, 9.17) is 0 Å². The maximum absolute atomic E-state index is 14.1. The van der Waals surface area contributed by atoms with Crippen molar-refractivity contribution in [2.75, 3.05) is 37.8 Å². The fourth-order valence-corrected chi connectivity index (χ4v) is 4.85. The van der Waals surface area contributed by atoms with Gasteiger partial charge in [0, 0.05) is 17.9 Å². The van der Waals surface area contributed by atoms with E-state index in [1.165, 1.54) is 29.5 Å². The molecule has 168 valence electrons. The van der Waals surface area contributed by atoms with E-state index in [1.807, 2.05) is 20.2 Å². The standard InChI is InChI=1S/C22H25F2N3OS2.ClH/c1-26(2)13-5-14-27(22-25-21-18(24)6-3-7-19(21)30-22)20(28)8-4-15-29-17-11-9-16(23)10-12-17;/h3,6-7,9-12H,4-5,8,13-15H2,1-2H3;1H. The number of fused-ring (bicyclic) bond motifs is 1. The van der Waals surface area contributed by atoms with Crippen molar-refractivity contribution < 1.29 is 13.6 Å². The number of hydrogen-bond donors (Lipinski definition) is 0. The highest BCUT2D eigenvalue weighted by atomic mass is 35.5. The van der Waals surface area contributed by atoms with Crippen LogP contribution in [0.1, 0.15) is 19.3 Å². The van der Waals surface area contributed by atoms with E-state index in [0.29, 0.717) is 30.0 Å². The lowest BCUT2D eigenvalue weighted by Gasteiger charge is -2.21. The summed E-state index contributed by atoms with van der Waals surface area (Å²) in [5.41, 5.74) is 0.315. The Bertz CT molecular complexity index is 983. The SMILES string of the molecule is CN(C)CCCN(C(=O)CCCSc1ccc(F)cc1)c1nc2c(F)cccc2s1.Cl. The molecular formula is C22H26ClF2N3OS2. The molecule has 0 saturated heterocycles. The smallest absolute Gasteiger partial charge is 0.228 e. The second-order valence-corrected chi connectivity index (χ2v) is 9.37. The lowest BCUT2D eigenvalue weighted by molar-refractivity contribution is -0.118. The van der Waals surface area contributed by atoms with Gasteiger partial charge in [0.1, 0.15) is 17.2 Å². The molecule has 0 unspecified atom stereocenters. The normalized spacial score (nSPS) is 11.0. The topological polar surface area (TPSA) is 36.4 Å². The molecule has 0 N–H and O–H groups in total. The number of hydrogen-bond acceptors (Lipinski definition) is 5. The number of nitrogens with zero attached hydrogens (tertiary/aromatic N) is 3. The van der Waals surface area contributed by atoms with Gasteiger partial charge in [0.2, 0.25) is 5.91 Å². The van der Waals surface area contributed by atoms with Gasteiger partial charge in [-0.2, -0.15) is 0 Å². The Morgan fingerprint density at radius 3 is 2.48 bits per heavy atom. The summed E-state index contributed by atoms with van der Waals surface area (Å²) in [5, 5.41) is 0.546. The van der Waals surface area contributed by atoms with Gasteiger partial charge in [0.05, 0.1) is 4.70 Å². The second kappa shape index (κ2) is 12.3. The van der Waals surface area contributed by atoms with Crippen LogP contribution in [0.2, 0.25) is 0 Å². The number of halogens is 3. The van der Waals surface area contributed by atoms with Gasteiger partial charge in [-0.1, -0.05) is 17.4 Å². The van der Waals surface area contributed by atoms with Crippen LogP contribution in [0.5, 0.6) is 0 Å². The quantitative estimate of drug-likeness (QED) is 0.266. The number of thiazole rings is 1. The van der Waals surface area contributed by atoms with Gasteiger partial charge in [-0.25, -0.2) is 13.8 Å². The predicted molar refractivity (Wildman–Crippen MR) is 129 cm³/mol. The van der Waals surface area contributed by atoms with Crippen LogP contribution in [0.25, 0.3) is 10.2 Å². The van der Waals surface area contributed by atoms with Gasteiger partial charge in [-0.3, -0.25) is 9.69 Å². The Morgan fingerprint density at radius 2 is 1.81 bits per heavy atom. The van der Waals surface area contributed by atoms with Crippen LogP contribution in [-0.4, -0.2) is 48.7 Å². The Balaban J connectivity index is 0.00000341. The highest BCUT2D eigenvalue weighted by molar-refractivity contribution is 7.99. The largest absolute Gasteiger partial charge is 0.309 e. The Kier molecular flexibility index (Phi) is 10.2. The van der Waals surface area contributed by atoms with Gasteiger partial charge in [-0.05, 0) is 75.6 Å². The summed E-state index contributed by atoms with van der Waals surface area (Å²) in [6.45, 7) is 1.40. The lowest BCUT2D eigenvalue weighted by atomic mass is 10.3. The van der Waals surface area contributed by atoms with Crippen molar-refractivity contribution in [3.05, 3.63) is 54.1 Å². The molecule has 0 radical (unpaired) electrons. The molecule has 3 rings (SSSR count). The zero-order valence-corrected chi connectivity index (χ0v) is 20.0. The Labute approximate surface area is 196 Å². The third-order valence-corrected chi connectivity index (χ3v) is 6.64. The molecule has 0 aliphatic carbocycles. The molecular weight excluding hydrogens is 460 g/mol. The zero-order valence-electron chi connectivity index (χ0n) is 17.5. The minimum absolute atomic E-state index is 0. The molecule has 1 amide bonds. The van der Waals surface area contributed by atoms with Crippen LogP contribution in [0.15, 0.2) is 47.4 Å². The Morgan fingerprint density at radius 1 is 1.06 bits per heavy atom. The second-order valence-electron chi connectivity index (χ2n) is 7.19. The fraction of sp³-hybridized carbons (Fsp3) is 0.364. The van der Waals surface area contributed by atoms with Crippen molar-refractivity contribution in [1.29, 1.82) is 0 Å². The van der Waals surface area contributed by atoms with Gasteiger partial charge >= 0.3 is 0 Å². The first-order chi connectivity index (χ1) is 14.4. The molecule has 1 heterocycles. The number of benzene rings is 2. The summed E-state index contributed by atoms with van der Waals surface area (Å²) in [4.78, 5) is 22.1. The van der Waals surface area contributed by atoms with Gasteiger partial charge in [0.25, 0.3) is 0 Å². The van der Waals surface area contributed by atoms with Crippen LogP contribution in [0.3, 0.4) is 0 Å². The molecule has 2 aromatic carbocycles. The number of aromatic nitrogens is 1. The molecule has 0 saturated carbocycles. The van der Waals surface area contributed by atoms with Crippen LogP contribution >= 0.6 is 35.5 Å².